The van der Waals surface area contributed by atoms with Crippen LogP contribution in [0.2, 0.25) is 0 Å². The first-order valence-corrected chi connectivity index (χ1v) is 10.6. The summed E-state index contributed by atoms with van der Waals surface area (Å²) in [5, 5.41) is 2.77. The number of carbonyl (C=O) groups excluding carboxylic acids is 2. The first-order chi connectivity index (χ1) is 13.1. The van der Waals surface area contributed by atoms with Crippen molar-refractivity contribution in [3.8, 4) is 0 Å². The third-order valence-corrected chi connectivity index (χ3v) is 4.53. The number of hydrogen-bond donors (Lipinski definition) is 2. The van der Waals surface area contributed by atoms with Crippen LogP contribution in [0.3, 0.4) is 0 Å². The van der Waals surface area contributed by atoms with Crippen LogP contribution in [-0.2, 0) is 19.6 Å². The van der Waals surface area contributed by atoms with Crippen molar-refractivity contribution in [1.82, 2.24) is 0 Å². The van der Waals surface area contributed by atoms with Gasteiger partial charge in [0, 0.05) is 5.69 Å². The summed E-state index contributed by atoms with van der Waals surface area (Å²) in [5.74, 6) is -1.06. The summed E-state index contributed by atoms with van der Waals surface area (Å²) >= 11 is 0. The average Bonchev–Trinajstić information content (AvgIpc) is 2.60. The molecule has 0 saturated heterocycles. The second-order valence-corrected chi connectivity index (χ2v) is 8.45. The molecule has 28 heavy (non-hydrogen) atoms. The summed E-state index contributed by atoms with van der Waals surface area (Å²) < 4.78 is 30.4. The van der Waals surface area contributed by atoms with E-state index in [2.05, 4.69) is 10.0 Å². The summed E-state index contributed by atoms with van der Waals surface area (Å²) in [6.07, 6.45) is -0.0869. The molecule has 2 N–H and O–H groups in total. The summed E-state index contributed by atoms with van der Waals surface area (Å²) in [6.45, 7) is 5.48. The van der Waals surface area contributed by atoms with Crippen LogP contribution >= 0.6 is 0 Å². The third kappa shape index (κ3) is 5.82. The molecule has 2 rings (SSSR count). The number of esters is 1. The van der Waals surface area contributed by atoms with Crippen molar-refractivity contribution in [1.29, 1.82) is 0 Å². The van der Waals surface area contributed by atoms with E-state index in [9.17, 15) is 18.0 Å². The summed E-state index contributed by atoms with van der Waals surface area (Å²) in [7, 11) is -3.57. The van der Waals surface area contributed by atoms with E-state index in [0.29, 0.717) is 5.69 Å². The predicted octanol–water partition coefficient (Wildman–Crippen LogP) is 3.37. The van der Waals surface area contributed by atoms with Crippen molar-refractivity contribution in [2.24, 2.45) is 0 Å². The number of benzene rings is 2. The molecule has 0 aliphatic heterocycles. The number of ether oxygens (including phenoxy) is 1. The van der Waals surface area contributed by atoms with Gasteiger partial charge in [-0.25, -0.2) is 13.2 Å². The molecule has 2 aromatic rings. The molecular weight excluding hydrogens is 380 g/mol. The summed E-state index contributed by atoms with van der Waals surface area (Å²) in [5.41, 5.74) is 1.74. The van der Waals surface area contributed by atoms with E-state index in [0.717, 1.165) is 11.8 Å². The van der Waals surface area contributed by atoms with Gasteiger partial charge in [-0.15, -0.1) is 0 Å². The molecule has 0 spiro atoms. The third-order valence-electron chi connectivity index (χ3n) is 3.94. The first kappa shape index (κ1) is 21.4. The van der Waals surface area contributed by atoms with E-state index >= 15 is 0 Å². The molecule has 0 fully saturated rings. The number of para-hydroxylation sites is 2. The van der Waals surface area contributed by atoms with E-state index in [-0.39, 0.29) is 17.2 Å². The average molecular weight is 404 g/mol. The largest absolute Gasteiger partial charge is 0.449 e. The number of carbonyl (C=O) groups is 2. The number of sulfonamides is 1. The SMILES string of the molecule is CC(C)c1ccccc1NC(=O)[C@H](C)OC(=O)c1ccccc1NS(C)(=O)=O. The van der Waals surface area contributed by atoms with Crippen molar-refractivity contribution in [3.05, 3.63) is 59.7 Å². The summed E-state index contributed by atoms with van der Waals surface area (Å²) in [4.78, 5) is 24.9. The van der Waals surface area contributed by atoms with Crippen molar-refractivity contribution in [2.75, 3.05) is 16.3 Å². The van der Waals surface area contributed by atoms with Gasteiger partial charge in [-0.2, -0.15) is 0 Å². The van der Waals surface area contributed by atoms with E-state index in [1.807, 2.05) is 32.0 Å². The van der Waals surface area contributed by atoms with Crippen molar-refractivity contribution in [3.63, 3.8) is 0 Å². The zero-order chi connectivity index (χ0) is 20.9. The van der Waals surface area contributed by atoms with Gasteiger partial charge in [-0.3, -0.25) is 9.52 Å². The van der Waals surface area contributed by atoms with Gasteiger partial charge in [0.15, 0.2) is 6.10 Å². The Labute approximate surface area is 165 Å². The lowest BCUT2D eigenvalue weighted by atomic mass is 10.0. The number of anilines is 2. The maximum atomic E-state index is 12.5. The van der Waals surface area contributed by atoms with Gasteiger partial charge < -0.3 is 10.1 Å². The highest BCUT2D eigenvalue weighted by Gasteiger charge is 2.22. The monoisotopic (exact) mass is 404 g/mol. The van der Waals surface area contributed by atoms with Gasteiger partial charge in [0.2, 0.25) is 10.0 Å². The molecule has 0 bridgehead atoms. The molecular formula is C20H24N2O5S. The normalized spacial score (nSPS) is 12.3. The van der Waals surface area contributed by atoms with Crippen LogP contribution in [0.4, 0.5) is 11.4 Å². The molecule has 2 aromatic carbocycles. The Balaban J connectivity index is 2.12. The van der Waals surface area contributed by atoms with Crippen LogP contribution in [0, 0.1) is 0 Å². The highest BCUT2D eigenvalue weighted by molar-refractivity contribution is 7.92. The van der Waals surface area contributed by atoms with Gasteiger partial charge in [0.05, 0.1) is 17.5 Å². The quantitative estimate of drug-likeness (QED) is 0.689. The molecule has 0 unspecified atom stereocenters. The molecule has 0 aliphatic rings. The predicted molar refractivity (Wildman–Crippen MR) is 109 cm³/mol. The van der Waals surface area contributed by atoms with Crippen LogP contribution in [0.1, 0.15) is 42.6 Å². The zero-order valence-corrected chi connectivity index (χ0v) is 17.0. The minimum absolute atomic E-state index is 0.0233. The van der Waals surface area contributed by atoms with Crippen molar-refractivity contribution < 1.29 is 22.7 Å². The fourth-order valence-electron chi connectivity index (χ4n) is 2.58. The van der Waals surface area contributed by atoms with Gasteiger partial charge >= 0.3 is 5.97 Å². The van der Waals surface area contributed by atoms with Gasteiger partial charge in [0.25, 0.3) is 5.91 Å². The highest BCUT2D eigenvalue weighted by Crippen LogP contribution is 2.24. The lowest BCUT2D eigenvalue weighted by Crippen LogP contribution is -2.30. The van der Waals surface area contributed by atoms with E-state index in [4.69, 9.17) is 4.74 Å². The number of hydrogen-bond acceptors (Lipinski definition) is 5. The Morgan fingerprint density at radius 3 is 2.11 bits per heavy atom. The Hall–Kier alpha value is -2.87. The Bertz CT molecular complexity index is 970. The van der Waals surface area contributed by atoms with Gasteiger partial charge in [-0.05, 0) is 36.6 Å². The number of rotatable bonds is 7. The molecule has 0 aliphatic carbocycles. The van der Waals surface area contributed by atoms with Crippen LogP contribution in [0.15, 0.2) is 48.5 Å². The number of amides is 1. The first-order valence-electron chi connectivity index (χ1n) is 8.76. The second kappa shape index (κ2) is 8.88. The fraction of sp³-hybridized carbons (Fsp3) is 0.300. The number of nitrogens with one attached hydrogen (secondary N) is 2. The Morgan fingerprint density at radius 2 is 1.50 bits per heavy atom. The Morgan fingerprint density at radius 1 is 0.929 bits per heavy atom. The molecule has 0 heterocycles. The minimum atomic E-state index is -3.57. The molecule has 0 radical (unpaired) electrons. The maximum Gasteiger partial charge on any atom is 0.341 e. The minimum Gasteiger partial charge on any atom is -0.449 e. The molecule has 1 amide bonds. The summed E-state index contributed by atoms with van der Waals surface area (Å²) in [6, 6.07) is 13.4. The Kier molecular flexibility index (Phi) is 6.80. The lowest BCUT2D eigenvalue weighted by Gasteiger charge is -2.17. The molecule has 7 nitrogen and oxygen atoms in total. The van der Waals surface area contributed by atoms with Gasteiger partial charge in [0.1, 0.15) is 0 Å². The molecule has 8 heteroatoms. The maximum absolute atomic E-state index is 12.5. The zero-order valence-electron chi connectivity index (χ0n) is 16.2. The van der Waals surface area contributed by atoms with Crippen molar-refractivity contribution >= 4 is 33.3 Å². The molecule has 0 saturated carbocycles. The van der Waals surface area contributed by atoms with E-state index in [1.54, 1.807) is 18.2 Å². The topological polar surface area (TPSA) is 102 Å². The molecule has 0 aromatic heterocycles. The highest BCUT2D eigenvalue weighted by atomic mass is 32.2. The van der Waals surface area contributed by atoms with Crippen LogP contribution in [0.25, 0.3) is 0 Å². The van der Waals surface area contributed by atoms with E-state index in [1.165, 1.54) is 19.1 Å². The van der Waals surface area contributed by atoms with Gasteiger partial charge in [-0.1, -0.05) is 44.2 Å². The standard InChI is InChI=1S/C20H24N2O5S/c1-13(2)15-9-5-7-11-17(15)21-19(23)14(3)27-20(24)16-10-6-8-12-18(16)22-28(4,25)26/h5-14,22H,1-4H3,(H,21,23)/t14-/m0/s1. The second-order valence-electron chi connectivity index (χ2n) is 6.70. The fourth-order valence-corrected chi connectivity index (χ4v) is 3.15. The lowest BCUT2D eigenvalue weighted by molar-refractivity contribution is -0.123. The van der Waals surface area contributed by atoms with Crippen LogP contribution in [0.5, 0.6) is 0 Å². The molecule has 1 atom stereocenters. The smallest absolute Gasteiger partial charge is 0.341 e. The molecule has 150 valence electrons. The van der Waals surface area contributed by atoms with Crippen molar-refractivity contribution in [2.45, 2.75) is 32.8 Å². The van der Waals surface area contributed by atoms with E-state index < -0.39 is 28.0 Å². The van der Waals surface area contributed by atoms with Crippen LogP contribution < -0.4 is 10.0 Å². The van der Waals surface area contributed by atoms with Crippen LogP contribution in [-0.4, -0.2) is 32.7 Å².